The van der Waals surface area contributed by atoms with Gasteiger partial charge in [0.05, 0.1) is 24.7 Å². The number of aryl methyl sites for hydroxylation is 2. The van der Waals surface area contributed by atoms with Crippen molar-refractivity contribution >= 4 is 11.3 Å². The molecule has 0 spiro atoms. The van der Waals surface area contributed by atoms with Crippen molar-refractivity contribution in [3.63, 3.8) is 0 Å². The maximum Gasteiger partial charge on any atom is 0.239 e. The molecule has 0 saturated carbocycles. The van der Waals surface area contributed by atoms with E-state index >= 15 is 0 Å². The van der Waals surface area contributed by atoms with Crippen molar-refractivity contribution in [3.05, 3.63) is 65.4 Å². The van der Waals surface area contributed by atoms with Crippen LogP contribution in [-0.2, 0) is 4.74 Å². The highest BCUT2D eigenvalue weighted by molar-refractivity contribution is 5.74. The minimum atomic E-state index is -1.15. The Hall–Kier alpha value is -3.72. The molecule has 36 heavy (non-hydrogen) atoms. The van der Waals surface area contributed by atoms with Crippen molar-refractivity contribution in [2.24, 2.45) is 5.92 Å². The molecule has 9 heteroatoms. The second-order valence-electron chi connectivity index (χ2n) is 9.01. The Morgan fingerprint density at radius 2 is 1.78 bits per heavy atom. The highest BCUT2D eigenvalue weighted by Gasteiger charge is 2.20. The number of nitrogens with one attached hydrogen (secondary N) is 1. The van der Waals surface area contributed by atoms with Gasteiger partial charge in [0.25, 0.3) is 0 Å². The lowest BCUT2D eigenvalue weighted by molar-refractivity contribution is 0.0699. The van der Waals surface area contributed by atoms with Crippen molar-refractivity contribution in [2.45, 2.75) is 26.7 Å². The number of nitrogens with zero attached hydrogens (tertiary/aromatic N) is 3. The predicted molar refractivity (Wildman–Crippen MR) is 133 cm³/mol. The topological polar surface area (TPSA) is 69.9 Å². The summed E-state index contributed by atoms with van der Waals surface area (Å²) in [7, 11) is 1.28. The second kappa shape index (κ2) is 10.1. The zero-order chi connectivity index (χ0) is 25.2. The smallest absolute Gasteiger partial charge is 0.239 e. The lowest BCUT2D eigenvalue weighted by atomic mass is 10.0. The third-order valence-corrected chi connectivity index (χ3v) is 6.62. The number of benzene rings is 2. The van der Waals surface area contributed by atoms with Gasteiger partial charge in [0.2, 0.25) is 17.5 Å². The average Bonchev–Trinajstić information content (AvgIpc) is 3.32. The summed E-state index contributed by atoms with van der Waals surface area (Å²) < 4.78 is 46.7. The summed E-state index contributed by atoms with van der Waals surface area (Å²) in [6.45, 7) is 6.31. The van der Waals surface area contributed by atoms with Gasteiger partial charge >= 0.3 is 0 Å². The minimum Gasteiger partial charge on any atom is -0.494 e. The molecule has 0 unspecified atom stereocenters. The Balaban J connectivity index is 1.55. The molecule has 3 heterocycles. The van der Waals surface area contributed by atoms with Crippen molar-refractivity contribution in [2.75, 3.05) is 32.2 Å². The van der Waals surface area contributed by atoms with E-state index in [-0.39, 0.29) is 17.4 Å². The van der Waals surface area contributed by atoms with E-state index in [2.05, 4.69) is 28.4 Å². The first-order chi connectivity index (χ1) is 17.4. The molecule has 0 bridgehead atoms. The van der Waals surface area contributed by atoms with E-state index in [0.717, 1.165) is 49.4 Å². The molecule has 0 aliphatic carbocycles. The summed E-state index contributed by atoms with van der Waals surface area (Å²) >= 11 is 0. The number of anilines is 1. The highest BCUT2D eigenvalue weighted by Crippen LogP contribution is 2.33. The van der Waals surface area contributed by atoms with E-state index in [1.165, 1.54) is 24.8 Å². The molecule has 0 atom stereocenters. The fraction of sp³-hybridized carbons (Fsp3) is 0.333. The molecular weight excluding hydrogens is 466 g/mol. The van der Waals surface area contributed by atoms with E-state index in [1.54, 1.807) is 16.8 Å². The van der Waals surface area contributed by atoms with Crippen LogP contribution in [0.15, 0.2) is 42.6 Å². The monoisotopic (exact) mass is 494 g/mol. The molecule has 7 nitrogen and oxygen atoms in total. The number of ether oxygens (including phenoxy) is 3. The van der Waals surface area contributed by atoms with E-state index in [9.17, 15) is 8.78 Å². The van der Waals surface area contributed by atoms with Crippen molar-refractivity contribution < 1.29 is 23.0 Å². The molecule has 2 aromatic carbocycles. The van der Waals surface area contributed by atoms with Crippen LogP contribution in [0.3, 0.4) is 0 Å². The summed E-state index contributed by atoms with van der Waals surface area (Å²) in [6, 6.07) is 10.4. The van der Waals surface area contributed by atoms with Crippen molar-refractivity contribution in [3.8, 4) is 28.6 Å². The molecule has 0 amide bonds. The molecule has 4 aromatic rings. The molecule has 2 aromatic heterocycles. The summed E-state index contributed by atoms with van der Waals surface area (Å²) in [5, 5.41) is 8.05. The van der Waals surface area contributed by atoms with Crippen molar-refractivity contribution in [1.29, 1.82) is 0 Å². The predicted octanol–water partition coefficient (Wildman–Crippen LogP) is 5.93. The Morgan fingerprint density at radius 1 is 1.03 bits per heavy atom. The molecule has 1 fully saturated rings. The lowest BCUT2D eigenvalue weighted by Crippen LogP contribution is -2.23. The molecule has 5 rings (SSSR count). The maximum absolute atomic E-state index is 14.7. The third-order valence-electron chi connectivity index (χ3n) is 6.62. The van der Waals surface area contributed by atoms with Crippen LogP contribution in [0.25, 0.3) is 16.9 Å². The van der Waals surface area contributed by atoms with E-state index in [0.29, 0.717) is 17.3 Å². The zero-order valence-electron chi connectivity index (χ0n) is 20.5. The normalized spacial score (nSPS) is 14.2. The van der Waals surface area contributed by atoms with Gasteiger partial charge in [0.15, 0.2) is 17.1 Å². The second-order valence-corrected chi connectivity index (χ2v) is 9.01. The standard InChI is InChI=1S/C27H28F2N4O3/c1-16-4-5-19(12-17(16)2)21-15-31-27-20(30-14-18-8-10-35-11-9-18)13-24(32-33(21)27)36-23-7-6-22(34-3)25(28)26(23)29/h4-7,12-13,15,18,30H,8-11,14H2,1-3H3. The number of imidazole rings is 1. The number of hydrogen-bond acceptors (Lipinski definition) is 6. The van der Waals surface area contributed by atoms with Crippen LogP contribution in [0.4, 0.5) is 14.5 Å². The number of rotatable bonds is 7. The molecule has 1 saturated heterocycles. The van der Waals surface area contributed by atoms with Gasteiger partial charge in [0, 0.05) is 31.4 Å². The fourth-order valence-electron chi connectivity index (χ4n) is 4.29. The van der Waals surface area contributed by atoms with Gasteiger partial charge < -0.3 is 19.5 Å². The fourth-order valence-corrected chi connectivity index (χ4v) is 4.29. The highest BCUT2D eigenvalue weighted by atomic mass is 19.2. The molecule has 1 N–H and O–H groups in total. The first kappa shape index (κ1) is 24.0. The molecule has 1 aliphatic rings. The summed E-state index contributed by atoms with van der Waals surface area (Å²) in [4.78, 5) is 4.62. The Bertz CT molecular complexity index is 1400. The van der Waals surface area contributed by atoms with Gasteiger partial charge in [-0.2, -0.15) is 8.78 Å². The van der Waals surface area contributed by atoms with Crippen LogP contribution in [0.2, 0.25) is 0 Å². The zero-order valence-corrected chi connectivity index (χ0v) is 20.5. The quantitative estimate of drug-likeness (QED) is 0.343. The molecular formula is C27H28F2N4O3. The van der Waals surface area contributed by atoms with Crippen molar-refractivity contribution in [1.82, 2.24) is 14.6 Å². The number of aromatic nitrogens is 3. The summed E-state index contributed by atoms with van der Waals surface area (Å²) in [5.41, 5.74) is 5.32. The van der Waals surface area contributed by atoms with Crippen LogP contribution >= 0.6 is 0 Å². The van der Waals surface area contributed by atoms with Gasteiger partial charge in [-0.25, -0.2) is 9.50 Å². The van der Waals surface area contributed by atoms with Gasteiger partial charge in [-0.05, 0) is 61.9 Å². The number of methoxy groups -OCH3 is 1. The van der Waals surface area contributed by atoms with Gasteiger partial charge in [-0.15, -0.1) is 5.10 Å². The van der Waals surface area contributed by atoms with Gasteiger partial charge in [0.1, 0.15) is 0 Å². The van der Waals surface area contributed by atoms with Crippen LogP contribution in [0.5, 0.6) is 17.4 Å². The maximum atomic E-state index is 14.7. The first-order valence-corrected chi connectivity index (χ1v) is 11.9. The van der Waals surface area contributed by atoms with Gasteiger partial charge in [-0.3, -0.25) is 0 Å². The molecule has 0 radical (unpaired) electrons. The van der Waals surface area contributed by atoms with E-state index < -0.39 is 11.6 Å². The van der Waals surface area contributed by atoms with Gasteiger partial charge in [-0.1, -0.05) is 12.1 Å². The SMILES string of the molecule is COc1ccc(Oc2cc(NCC3CCOCC3)c3ncc(-c4ccc(C)c(C)c4)n3n2)c(F)c1F. The average molecular weight is 495 g/mol. The van der Waals surface area contributed by atoms with E-state index in [4.69, 9.17) is 14.2 Å². The van der Waals surface area contributed by atoms with Crippen LogP contribution in [0, 0.1) is 31.4 Å². The number of halogens is 2. The first-order valence-electron chi connectivity index (χ1n) is 11.9. The Kier molecular flexibility index (Phi) is 6.73. The Morgan fingerprint density at radius 3 is 2.53 bits per heavy atom. The largest absolute Gasteiger partial charge is 0.494 e. The summed E-state index contributed by atoms with van der Waals surface area (Å²) in [6.07, 6.45) is 3.69. The third kappa shape index (κ3) is 4.70. The Labute approximate surface area is 208 Å². The number of hydrogen-bond donors (Lipinski definition) is 1. The molecule has 1 aliphatic heterocycles. The number of fused-ring (bicyclic) bond motifs is 1. The van der Waals surface area contributed by atoms with Crippen LogP contribution < -0.4 is 14.8 Å². The van der Waals surface area contributed by atoms with Crippen LogP contribution in [-0.4, -0.2) is 41.5 Å². The van der Waals surface area contributed by atoms with Crippen LogP contribution in [0.1, 0.15) is 24.0 Å². The summed E-state index contributed by atoms with van der Waals surface area (Å²) in [5.74, 6) is -2.19. The minimum absolute atomic E-state index is 0.100. The lowest BCUT2D eigenvalue weighted by Gasteiger charge is -2.22. The van der Waals surface area contributed by atoms with E-state index in [1.807, 2.05) is 19.1 Å². The molecule has 188 valence electrons.